The Morgan fingerprint density at radius 2 is 2.17 bits per heavy atom. The van der Waals surface area contributed by atoms with E-state index in [1.165, 1.54) is 6.21 Å². The predicted molar refractivity (Wildman–Crippen MR) is 82.9 cm³/mol. The highest BCUT2D eigenvalue weighted by Gasteiger charge is 2.09. The number of nitrogens with one attached hydrogen (secondary N) is 3. The third-order valence-corrected chi connectivity index (χ3v) is 3.16. The van der Waals surface area contributed by atoms with Crippen LogP contribution < -0.4 is 16.7 Å². The van der Waals surface area contributed by atoms with E-state index < -0.39 is 17.2 Å². The van der Waals surface area contributed by atoms with Gasteiger partial charge >= 0.3 is 5.69 Å². The second-order valence-corrected chi connectivity index (χ2v) is 4.78. The first-order valence-corrected chi connectivity index (χ1v) is 6.72. The maximum absolute atomic E-state index is 11.8. The molecule has 0 bridgehead atoms. The molecule has 0 radical (unpaired) electrons. The molecule has 0 aliphatic carbocycles. The van der Waals surface area contributed by atoms with E-state index in [2.05, 4.69) is 20.5 Å². The van der Waals surface area contributed by atoms with Crippen molar-refractivity contribution in [2.75, 3.05) is 0 Å². The van der Waals surface area contributed by atoms with Crippen LogP contribution in [0.1, 0.15) is 16.2 Å². The standard InChI is InChI=1S/C13H9ClN6O3/c14-11-8(20-4-2-1-3-9(20)17-11)6-15-19-12(22)7-5-10(21)18-13(23)16-7/h1-6H,(H,19,22)(H2,16,18,21,23)/b15-6-. The maximum Gasteiger partial charge on any atom is 0.326 e. The van der Waals surface area contributed by atoms with Gasteiger partial charge in [-0.25, -0.2) is 15.2 Å². The number of rotatable bonds is 3. The molecule has 10 heteroatoms. The number of H-pyrrole nitrogens is 2. The highest BCUT2D eigenvalue weighted by atomic mass is 35.5. The van der Waals surface area contributed by atoms with E-state index >= 15 is 0 Å². The molecule has 1 amide bonds. The number of amides is 1. The van der Waals surface area contributed by atoms with Crippen molar-refractivity contribution in [2.24, 2.45) is 5.10 Å². The molecule has 23 heavy (non-hydrogen) atoms. The minimum Gasteiger partial charge on any atom is -0.303 e. The minimum atomic E-state index is -0.781. The van der Waals surface area contributed by atoms with Crippen molar-refractivity contribution in [3.05, 3.63) is 67.8 Å². The van der Waals surface area contributed by atoms with Gasteiger partial charge in [0, 0.05) is 12.3 Å². The highest BCUT2D eigenvalue weighted by Crippen LogP contribution is 2.15. The fourth-order valence-electron chi connectivity index (χ4n) is 1.90. The molecule has 9 nitrogen and oxygen atoms in total. The molecule has 0 fully saturated rings. The van der Waals surface area contributed by atoms with Crippen LogP contribution in [0.2, 0.25) is 5.15 Å². The van der Waals surface area contributed by atoms with Crippen LogP contribution in [-0.2, 0) is 0 Å². The highest BCUT2D eigenvalue weighted by molar-refractivity contribution is 6.32. The summed E-state index contributed by atoms with van der Waals surface area (Å²) in [5.41, 5.74) is 1.62. The number of nitrogens with zero attached hydrogens (tertiary/aromatic N) is 3. The number of carbonyl (C=O) groups excluding carboxylic acids is 1. The molecule has 0 aliphatic heterocycles. The zero-order chi connectivity index (χ0) is 16.4. The van der Waals surface area contributed by atoms with Crippen LogP contribution in [0.25, 0.3) is 5.65 Å². The Bertz CT molecular complexity index is 1000. The first-order valence-electron chi connectivity index (χ1n) is 6.34. The summed E-state index contributed by atoms with van der Waals surface area (Å²) in [4.78, 5) is 42.3. The fraction of sp³-hybridized carbons (Fsp3) is 0. The average Bonchev–Trinajstić information content (AvgIpc) is 2.82. The van der Waals surface area contributed by atoms with Crippen molar-refractivity contribution in [3.63, 3.8) is 0 Å². The quantitative estimate of drug-likeness (QED) is 0.465. The van der Waals surface area contributed by atoms with E-state index in [0.717, 1.165) is 6.07 Å². The monoisotopic (exact) mass is 332 g/mol. The van der Waals surface area contributed by atoms with E-state index in [9.17, 15) is 14.4 Å². The number of hydrazone groups is 1. The summed E-state index contributed by atoms with van der Waals surface area (Å²) in [6.07, 6.45) is 3.05. The molecule has 0 saturated carbocycles. The van der Waals surface area contributed by atoms with Gasteiger partial charge in [-0.15, -0.1) is 0 Å². The van der Waals surface area contributed by atoms with Gasteiger partial charge < -0.3 is 4.98 Å². The normalized spacial score (nSPS) is 11.2. The number of fused-ring (bicyclic) bond motifs is 1. The molecule has 3 aromatic rings. The molecular weight excluding hydrogens is 324 g/mol. The van der Waals surface area contributed by atoms with Crippen LogP contribution in [0.3, 0.4) is 0 Å². The van der Waals surface area contributed by atoms with Crippen LogP contribution in [0.15, 0.2) is 45.2 Å². The lowest BCUT2D eigenvalue weighted by atomic mass is 10.4. The number of aromatic amines is 2. The van der Waals surface area contributed by atoms with Crippen molar-refractivity contribution >= 4 is 29.4 Å². The van der Waals surface area contributed by atoms with Crippen LogP contribution in [0.4, 0.5) is 0 Å². The van der Waals surface area contributed by atoms with E-state index in [1.807, 2.05) is 11.1 Å². The van der Waals surface area contributed by atoms with Gasteiger partial charge in [-0.05, 0) is 12.1 Å². The van der Waals surface area contributed by atoms with Crippen molar-refractivity contribution in [3.8, 4) is 0 Å². The van der Waals surface area contributed by atoms with Gasteiger partial charge in [0.15, 0.2) is 5.15 Å². The smallest absolute Gasteiger partial charge is 0.303 e. The zero-order valence-corrected chi connectivity index (χ0v) is 12.2. The number of imidazole rings is 1. The summed E-state index contributed by atoms with van der Waals surface area (Å²) in [7, 11) is 0. The summed E-state index contributed by atoms with van der Waals surface area (Å²) in [5.74, 6) is -0.741. The third-order valence-electron chi connectivity index (χ3n) is 2.88. The van der Waals surface area contributed by atoms with Gasteiger partial charge in [0.05, 0.1) is 6.21 Å². The molecule has 3 rings (SSSR count). The molecular formula is C13H9ClN6O3. The van der Waals surface area contributed by atoms with E-state index in [0.29, 0.717) is 11.3 Å². The van der Waals surface area contributed by atoms with E-state index in [-0.39, 0.29) is 10.8 Å². The van der Waals surface area contributed by atoms with E-state index in [4.69, 9.17) is 11.6 Å². The molecule has 0 aromatic carbocycles. The number of pyridine rings is 1. The topological polar surface area (TPSA) is 124 Å². The Labute approximate surface area is 132 Å². The van der Waals surface area contributed by atoms with Gasteiger partial charge in [0.25, 0.3) is 11.5 Å². The molecule has 116 valence electrons. The number of hydrogen-bond donors (Lipinski definition) is 3. The Kier molecular flexibility index (Phi) is 3.77. The lowest BCUT2D eigenvalue weighted by Crippen LogP contribution is -2.28. The molecule has 0 saturated heterocycles. The number of halogens is 1. The average molecular weight is 333 g/mol. The van der Waals surface area contributed by atoms with Crippen molar-refractivity contribution < 1.29 is 4.79 Å². The molecule has 0 unspecified atom stereocenters. The molecule has 3 aromatic heterocycles. The third kappa shape index (κ3) is 3.04. The number of aromatic nitrogens is 4. The molecule has 3 N–H and O–H groups in total. The van der Waals surface area contributed by atoms with Gasteiger partial charge in [0.2, 0.25) is 0 Å². The lowest BCUT2D eigenvalue weighted by molar-refractivity contribution is 0.0949. The Morgan fingerprint density at radius 1 is 1.35 bits per heavy atom. The second kappa shape index (κ2) is 5.89. The van der Waals surface area contributed by atoms with Gasteiger partial charge in [-0.3, -0.25) is 19.0 Å². The van der Waals surface area contributed by atoms with Crippen molar-refractivity contribution in [1.29, 1.82) is 0 Å². The zero-order valence-electron chi connectivity index (χ0n) is 11.4. The second-order valence-electron chi connectivity index (χ2n) is 4.42. The van der Waals surface area contributed by atoms with E-state index in [1.54, 1.807) is 22.7 Å². The van der Waals surface area contributed by atoms with Gasteiger partial charge in [-0.2, -0.15) is 5.10 Å². The summed E-state index contributed by atoms with van der Waals surface area (Å²) in [6.45, 7) is 0. The van der Waals surface area contributed by atoms with Gasteiger partial charge in [0.1, 0.15) is 17.0 Å². The summed E-state index contributed by atoms with van der Waals surface area (Å²) < 4.78 is 1.69. The van der Waals surface area contributed by atoms with Gasteiger partial charge in [-0.1, -0.05) is 17.7 Å². The minimum absolute atomic E-state index is 0.208. The first-order chi connectivity index (χ1) is 11.0. The first kappa shape index (κ1) is 14.7. The maximum atomic E-state index is 11.8. The summed E-state index contributed by atoms with van der Waals surface area (Å²) in [5, 5.41) is 3.98. The van der Waals surface area contributed by atoms with Crippen molar-refractivity contribution in [2.45, 2.75) is 0 Å². The lowest BCUT2D eigenvalue weighted by Gasteiger charge is -1.99. The Hall–Kier alpha value is -3.20. The summed E-state index contributed by atoms with van der Waals surface area (Å²) >= 11 is 6.01. The van der Waals surface area contributed by atoms with Crippen LogP contribution in [0, 0.1) is 0 Å². The number of carbonyl (C=O) groups is 1. The molecule has 0 atom stereocenters. The largest absolute Gasteiger partial charge is 0.326 e. The summed E-state index contributed by atoms with van der Waals surface area (Å²) in [6, 6.07) is 6.32. The predicted octanol–water partition coefficient (Wildman–Crippen LogP) is 0.128. The Morgan fingerprint density at radius 3 is 2.96 bits per heavy atom. The Balaban J connectivity index is 1.83. The van der Waals surface area contributed by atoms with Crippen LogP contribution in [-0.4, -0.2) is 31.5 Å². The SMILES string of the molecule is O=C(N/N=C\c1c(Cl)nc2ccccn12)c1cc(=O)[nH]c(=O)[nH]1. The van der Waals surface area contributed by atoms with Crippen molar-refractivity contribution in [1.82, 2.24) is 24.8 Å². The van der Waals surface area contributed by atoms with Crippen LogP contribution in [0.5, 0.6) is 0 Å². The number of hydrogen-bond acceptors (Lipinski definition) is 5. The molecule has 3 heterocycles. The molecule has 0 spiro atoms. The fourth-order valence-corrected chi connectivity index (χ4v) is 2.13. The van der Waals surface area contributed by atoms with Crippen LogP contribution >= 0.6 is 11.6 Å². The molecule has 0 aliphatic rings.